The van der Waals surface area contributed by atoms with Gasteiger partial charge in [-0.2, -0.15) is 11.3 Å². The van der Waals surface area contributed by atoms with Gasteiger partial charge in [-0.05, 0) is 47.5 Å². The standard InChI is InChI=1S/C14H12N2OS2/c1-9-6-11(17)2-3-12(9)16-14-15-7-13(19-14)10-4-5-18-8-10/h2-8,17H,1H3,(H,15,16). The summed E-state index contributed by atoms with van der Waals surface area (Å²) in [6, 6.07) is 7.35. The van der Waals surface area contributed by atoms with E-state index < -0.39 is 0 Å². The van der Waals surface area contributed by atoms with Crippen LogP contribution in [0.15, 0.2) is 41.2 Å². The first kappa shape index (κ1) is 12.2. The van der Waals surface area contributed by atoms with E-state index in [1.54, 1.807) is 34.8 Å². The molecule has 0 atom stereocenters. The Kier molecular flexibility index (Phi) is 3.23. The normalized spacial score (nSPS) is 10.6. The summed E-state index contributed by atoms with van der Waals surface area (Å²) in [6.45, 7) is 1.95. The van der Waals surface area contributed by atoms with Crippen LogP contribution in [0.4, 0.5) is 10.8 Å². The summed E-state index contributed by atoms with van der Waals surface area (Å²) < 4.78 is 0. The van der Waals surface area contributed by atoms with Gasteiger partial charge in [-0.15, -0.1) is 0 Å². The number of thiazole rings is 1. The smallest absolute Gasteiger partial charge is 0.187 e. The lowest BCUT2D eigenvalue weighted by molar-refractivity contribution is 0.475. The van der Waals surface area contributed by atoms with E-state index in [2.05, 4.69) is 27.1 Å². The van der Waals surface area contributed by atoms with Crippen LogP contribution in [0.3, 0.4) is 0 Å². The summed E-state index contributed by atoms with van der Waals surface area (Å²) in [5.74, 6) is 0.279. The number of anilines is 2. The van der Waals surface area contributed by atoms with Gasteiger partial charge in [-0.25, -0.2) is 4.98 Å². The van der Waals surface area contributed by atoms with Crippen LogP contribution in [0.5, 0.6) is 5.75 Å². The average molecular weight is 288 g/mol. The number of aromatic hydroxyl groups is 1. The van der Waals surface area contributed by atoms with Crippen LogP contribution in [-0.4, -0.2) is 10.1 Å². The van der Waals surface area contributed by atoms with E-state index in [1.165, 1.54) is 5.56 Å². The maximum atomic E-state index is 9.39. The lowest BCUT2D eigenvalue weighted by atomic mass is 10.2. The molecular weight excluding hydrogens is 276 g/mol. The Morgan fingerprint density at radius 1 is 1.26 bits per heavy atom. The molecule has 5 heteroatoms. The number of thiophene rings is 1. The third kappa shape index (κ3) is 2.62. The fourth-order valence-electron chi connectivity index (χ4n) is 1.77. The lowest BCUT2D eigenvalue weighted by Crippen LogP contribution is -1.91. The van der Waals surface area contributed by atoms with Crippen molar-refractivity contribution in [3.05, 3.63) is 46.8 Å². The largest absolute Gasteiger partial charge is 0.508 e. The molecule has 3 rings (SSSR count). The Morgan fingerprint density at radius 3 is 2.89 bits per heavy atom. The summed E-state index contributed by atoms with van der Waals surface area (Å²) in [6.07, 6.45) is 1.88. The number of benzene rings is 1. The molecule has 2 heterocycles. The predicted octanol–water partition coefficient (Wildman–Crippen LogP) is 4.63. The number of aromatic nitrogens is 1. The molecule has 3 aromatic rings. The second kappa shape index (κ2) is 5.03. The molecule has 0 aliphatic carbocycles. The third-order valence-corrected chi connectivity index (χ3v) is 4.41. The lowest BCUT2D eigenvalue weighted by Gasteiger charge is -2.06. The average Bonchev–Trinajstić information content (AvgIpc) is 3.03. The predicted molar refractivity (Wildman–Crippen MR) is 81.6 cm³/mol. The highest BCUT2D eigenvalue weighted by atomic mass is 32.1. The molecule has 0 unspecified atom stereocenters. The molecule has 0 fully saturated rings. The number of rotatable bonds is 3. The zero-order valence-corrected chi connectivity index (χ0v) is 11.9. The molecule has 96 valence electrons. The van der Waals surface area contributed by atoms with E-state index >= 15 is 0 Å². The van der Waals surface area contributed by atoms with E-state index in [1.807, 2.05) is 19.2 Å². The Bertz CT molecular complexity index is 689. The summed E-state index contributed by atoms with van der Waals surface area (Å²) in [5.41, 5.74) is 3.16. The number of hydrogen-bond acceptors (Lipinski definition) is 5. The highest BCUT2D eigenvalue weighted by Crippen LogP contribution is 2.32. The first-order chi connectivity index (χ1) is 9.22. The zero-order chi connectivity index (χ0) is 13.2. The quantitative estimate of drug-likeness (QED) is 0.691. The topological polar surface area (TPSA) is 45.1 Å². The van der Waals surface area contributed by atoms with Crippen LogP contribution in [0.25, 0.3) is 10.4 Å². The van der Waals surface area contributed by atoms with Crippen molar-refractivity contribution in [2.45, 2.75) is 6.92 Å². The van der Waals surface area contributed by atoms with E-state index in [4.69, 9.17) is 0 Å². The SMILES string of the molecule is Cc1cc(O)ccc1Nc1ncc(-c2ccsc2)s1. The molecule has 19 heavy (non-hydrogen) atoms. The number of aryl methyl sites for hydroxylation is 1. The molecule has 0 radical (unpaired) electrons. The Labute approximate surface area is 119 Å². The first-order valence-electron chi connectivity index (χ1n) is 5.77. The van der Waals surface area contributed by atoms with Crippen LogP contribution < -0.4 is 5.32 Å². The van der Waals surface area contributed by atoms with Gasteiger partial charge in [-0.1, -0.05) is 11.3 Å². The van der Waals surface area contributed by atoms with E-state index in [-0.39, 0.29) is 5.75 Å². The number of nitrogens with zero attached hydrogens (tertiary/aromatic N) is 1. The van der Waals surface area contributed by atoms with Gasteiger partial charge in [0.2, 0.25) is 0 Å². The van der Waals surface area contributed by atoms with E-state index in [9.17, 15) is 5.11 Å². The zero-order valence-electron chi connectivity index (χ0n) is 10.3. The third-order valence-electron chi connectivity index (χ3n) is 2.76. The van der Waals surface area contributed by atoms with Gasteiger partial charge in [0, 0.05) is 17.4 Å². The molecule has 0 bridgehead atoms. The van der Waals surface area contributed by atoms with Gasteiger partial charge >= 0.3 is 0 Å². The molecule has 0 aliphatic rings. The van der Waals surface area contributed by atoms with Gasteiger partial charge in [0.25, 0.3) is 0 Å². The molecule has 1 aromatic carbocycles. The van der Waals surface area contributed by atoms with Gasteiger partial charge < -0.3 is 10.4 Å². The molecular formula is C14H12N2OS2. The number of nitrogens with one attached hydrogen (secondary N) is 1. The van der Waals surface area contributed by atoms with Gasteiger partial charge in [0.05, 0.1) is 4.88 Å². The minimum Gasteiger partial charge on any atom is -0.508 e. The van der Waals surface area contributed by atoms with Crippen molar-refractivity contribution < 1.29 is 5.11 Å². The molecule has 3 nitrogen and oxygen atoms in total. The second-order valence-electron chi connectivity index (χ2n) is 4.17. The molecule has 0 saturated heterocycles. The summed E-state index contributed by atoms with van der Waals surface area (Å²) in [5, 5.41) is 17.7. The second-order valence-corrected chi connectivity index (χ2v) is 5.98. The number of phenolic OH excluding ortho intramolecular Hbond substituents is 1. The maximum Gasteiger partial charge on any atom is 0.187 e. The van der Waals surface area contributed by atoms with Crippen LogP contribution in [-0.2, 0) is 0 Å². The van der Waals surface area contributed by atoms with Crippen LogP contribution >= 0.6 is 22.7 Å². The van der Waals surface area contributed by atoms with Crippen LogP contribution in [0.2, 0.25) is 0 Å². The van der Waals surface area contributed by atoms with E-state index in [0.717, 1.165) is 21.3 Å². The molecule has 0 saturated carbocycles. The highest BCUT2D eigenvalue weighted by Gasteiger charge is 2.06. The van der Waals surface area contributed by atoms with Crippen molar-refractivity contribution in [2.75, 3.05) is 5.32 Å². The van der Waals surface area contributed by atoms with Gasteiger partial charge in [0.1, 0.15) is 5.75 Å². The fourth-order valence-corrected chi connectivity index (χ4v) is 3.33. The first-order valence-corrected chi connectivity index (χ1v) is 7.53. The maximum absolute atomic E-state index is 9.39. The molecule has 0 spiro atoms. The minimum absolute atomic E-state index is 0.279. The summed E-state index contributed by atoms with van der Waals surface area (Å²) in [4.78, 5) is 5.53. The highest BCUT2D eigenvalue weighted by molar-refractivity contribution is 7.19. The molecule has 0 aliphatic heterocycles. The van der Waals surface area contributed by atoms with Crippen molar-refractivity contribution in [1.82, 2.24) is 4.98 Å². The fraction of sp³-hybridized carbons (Fsp3) is 0.0714. The number of phenols is 1. The van der Waals surface area contributed by atoms with Crippen molar-refractivity contribution in [3.8, 4) is 16.2 Å². The Hall–Kier alpha value is -1.85. The van der Waals surface area contributed by atoms with Crippen LogP contribution in [0.1, 0.15) is 5.56 Å². The summed E-state index contributed by atoms with van der Waals surface area (Å²) in [7, 11) is 0. The van der Waals surface area contributed by atoms with Crippen molar-refractivity contribution in [2.24, 2.45) is 0 Å². The monoisotopic (exact) mass is 288 g/mol. The molecule has 2 N–H and O–H groups in total. The van der Waals surface area contributed by atoms with Crippen molar-refractivity contribution >= 4 is 33.5 Å². The van der Waals surface area contributed by atoms with Gasteiger partial charge in [0.15, 0.2) is 5.13 Å². The Balaban J connectivity index is 1.84. The van der Waals surface area contributed by atoms with Crippen LogP contribution in [0, 0.1) is 6.92 Å². The molecule has 2 aromatic heterocycles. The Morgan fingerprint density at radius 2 is 2.16 bits per heavy atom. The van der Waals surface area contributed by atoms with Crippen molar-refractivity contribution in [1.29, 1.82) is 0 Å². The number of hydrogen-bond donors (Lipinski definition) is 2. The van der Waals surface area contributed by atoms with Gasteiger partial charge in [-0.3, -0.25) is 0 Å². The van der Waals surface area contributed by atoms with E-state index in [0.29, 0.717) is 0 Å². The molecule has 0 amide bonds. The minimum atomic E-state index is 0.279. The summed E-state index contributed by atoms with van der Waals surface area (Å²) >= 11 is 3.30. The van der Waals surface area contributed by atoms with Crippen molar-refractivity contribution in [3.63, 3.8) is 0 Å².